The van der Waals surface area contributed by atoms with Crippen molar-refractivity contribution in [2.45, 2.75) is 20.4 Å². The van der Waals surface area contributed by atoms with Gasteiger partial charge in [-0.15, -0.1) is 22.7 Å². The van der Waals surface area contributed by atoms with Gasteiger partial charge in [0, 0.05) is 21.6 Å². The first kappa shape index (κ1) is 12.1. The molecule has 4 nitrogen and oxygen atoms in total. The lowest BCUT2D eigenvalue weighted by molar-refractivity contribution is 0.0955. The van der Waals surface area contributed by atoms with Crippen LogP contribution in [-0.4, -0.2) is 10.9 Å². The number of carbonyl (C=O) groups excluding carboxylic acids is 1. The van der Waals surface area contributed by atoms with Crippen LogP contribution in [0.1, 0.15) is 24.4 Å². The number of thiazole rings is 1. The molecule has 2 heterocycles. The maximum atomic E-state index is 11.8. The third kappa shape index (κ3) is 2.83. The van der Waals surface area contributed by atoms with E-state index in [4.69, 9.17) is 5.73 Å². The summed E-state index contributed by atoms with van der Waals surface area (Å²) in [6.45, 7) is 4.36. The van der Waals surface area contributed by atoms with E-state index in [0.29, 0.717) is 17.1 Å². The summed E-state index contributed by atoms with van der Waals surface area (Å²) in [7, 11) is 0. The molecule has 0 fully saturated rings. The molecule has 2 aromatic heterocycles. The Morgan fingerprint density at radius 1 is 1.47 bits per heavy atom. The molecule has 0 aliphatic carbocycles. The zero-order chi connectivity index (χ0) is 12.4. The number of amides is 1. The number of nitrogens with two attached hydrogens (primary N) is 1. The summed E-state index contributed by atoms with van der Waals surface area (Å²) in [5.74, 6) is -0.0948. The quantitative estimate of drug-likeness (QED) is 0.897. The minimum absolute atomic E-state index is 0.0948. The van der Waals surface area contributed by atoms with E-state index in [1.54, 1.807) is 23.6 Å². The fourth-order valence-electron chi connectivity index (χ4n) is 1.33. The molecule has 0 saturated heterocycles. The van der Waals surface area contributed by atoms with Crippen LogP contribution >= 0.6 is 22.7 Å². The topological polar surface area (TPSA) is 68.0 Å². The fourth-order valence-corrected chi connectivity index (χ4v) is 2.92. The zero-order valence-electron chi connectivity index (χ0n) is 9.61. The minimum Gasteiger partial charge on any atom is -0.398 e. The summed E-state index contributed by atoms with van der Waals surface area (Å²) in [5.41, 5.74) is 6.38. The Bertz CT molecular complexity index is 525. The molecule has 90 valence electrons. The molecule has 0 aliphatic heterocycles. The van der Waals surface area contributed by atoms with Crippen LogP contribution < -0.4 is 11.1 Å². The van der Waals surface area contributed by atoms with Crippen LogP contribution in [0.25, 0.3) is 0 Å². The average molecular weight is 267 g/mol. The van der Waals surface area contributed by atoms with Crippen molar-refractivity contribution < 1.29 is 4.79 Å². The molecule has 0 aromatic carbocycles. The van der Waals surface area contributed by atoms with E-state index < -0.39 is 0 Å². The highest BCUT2D eigenvalue weighted by Crippen LogP contribution is 2.23. The van der Waals surface area contributed by atoms with Crippen molar-refractivity contribution in [2.24, 2.45) is 0 Å². The summed E-state index contributed by atoms with van der Waals surface area (Å²) in [6.07, 6.45) is 1.80. The first-order valence-electron chi connectivity index (χ1n) is 5.11. The second kappa shape index (κ2) is 4.85. The predicted octanol–water partition coefficient (Wildman–Crippen LogP) is 2.33. The number of carbonyl (C=O) groups is 1. The third-order valence-electron chi connectivity index (χ3n) is 2.25. The Labute approximate surface area is 107 Å². The van der Waals surface area contributed by atoms with Crippen molar-refractivity contribution in [3.63, 3.8) is 0 Å². The maximum Gasteiger partial charge on any atom is 0.261 e. The normalized spacial score (nSPS) is 10.5. The van der Waals surface area contributed by atoms with Crippen LogP contribution in [0.2, 0.25) is 0 Å². The molecule has 0 saturated carbocycles. The van der Waals surface area contributed by atoms with Crippen LogP contribution in [0.15, 0.2) is 12.3 Å². The maximum absolute atomic E-state index is 11.8. The highest BCUT2D eigenvalue weighted by molar-refractivity contribution is 7.14. The van der Waals surface area contributed by atoms with E-state index >= 15 is 0 Å². The third-order valence-corrected chi connectivity index (χ3v) is 4.23. The lowest BCUT2D eigenvalue weighted by Gasteiger charge is -1.99. The van der Waals surface area contributed by atoms with Crippen LogP contribution in [-0.2, 0) is 6.54 Å². The number of nitrogens with zero attached hydrogens (tertiary/aromatic N) is 1. The van der Waals surface area contributed by atoms with Crippen molar-refractivity contribution in [1.29, 1.82) is 0 Å². The number of aromatic nitrogens is 1. The van der Waals surface area contributed by atoms with Crippen LogP contribution in [0, 0.1) is 13.8 Å². The molecule has 0 spiro atoms. The van der Waals surface area contributed by atoms with E-state index in [-0.39, 0.29) is 5.91 Å². The van der Waals surface area contributed by atoms with Gasteiger partial charge in [0.2, 0.25) is 0 Å². The van der Waals surface area contributed by atoms with Crippen molar-refractivity contribution in [3.05, 3.63) is 31.9 Å². The molecular weight excluding hydrogens is 254 g/mol. The molecule has 2 aromatic rings. The molecule has 0 atom stereocenters. The van der Waals surface area contributed by atoms with E-state index in [0.717, 1.165) is 14.8 Å². The molecule has 2 rings (SSSR count). The van der Waals surface area contributed by atoms with Gasteiger partial charge >= 0.3 is 0 Å². The van der Waals surface area contributed by atoms with Gasteiger partial charge in [-0.25, -0.2) is 4.98 Å². The molecule has 1 amide bonds. The zero-order valence-corrected chi connectivity index (χ0v) is 11.2. The smallest absolute Gasteiger partial charge is 0.261 e. The Balaban J connectivity index is 1.98. The highest BCUT2D eigenvalue weighted by Gasteiger charge is 2.11. The number of nitrogen functional groups attached to an aromatic ring is 1. The van der Waals surface area contributed by atoms with Gasteiger partial charge in [-0.3, -0.25) is 4.79 Å². The van der Waals surface area contributed by atoms with Crippen LogP contribution in [0.3, 0.4) is 0 Å². The van der Waals surface area contributed by atoms with Gasteiger partial charge in [0.15, 0.2) is 0 Å². The van der Waals surface area contributed by atoms with Crippen molar-refractivity contribution >= 4 is 34.3 Å². The SMILES string of the molecule is Cc1cnc(CNC(=O)c2cc(N)c(C)s2)s1. The minimum atomic E-state index is -0.0948. The summed E-state index contributed by atoms with van der Waals surface area (Å²) in [6, 6.07) is 1.71. The fraction of sp³-hybridized carbons (Fsp3) is 0.273. The van der Waals surface area contributed by atoms with Gasteiger partial charge < -0.3 is 11.1 Å². The molecular formula is C11H13N3OS2. The van der Waals surface area contributed by atoms with E-state index in [2.05, 4.69) is 10.3 Å². The van der Waals surface area contributed by atoms with E-state index in [1.807, 2.05) is 13.8 Å². The van der Waals surface area contributed by atoms with Crippen molar-refractivity contribution in [2.75, 3.05) is 5.73 Å². The molecule has 0 radical (unpaired) electrons. The lowest BCUT2D eigenvalue weighted by Crippen LogP contribution is -2.21. The average Bonchev–Trinajstić information content (AvgIpc) is 2.83. The number of hydrogen-bond donors (Lipinski definition) is 2. The largest absolute Gasteiger partial charge is 0.398 e. The summed E-state index contributed by atoms with van der Waals surface area (Å²) in [5, 5.41) is 3.75. The number of thiophene rings is 1. The lowest BCUT2D eigenvalue weighted by atomic mass is 10.3. The Morgan fingerprint density at radius 3 is 2.76 bits per heavy atom. The van der Waals surface area contributed by atoms with Gasteiger partial charge in [-0.1, -0.05) is 0 Å². The van der Waals surface area contributed by atoms with Crippen LogP contribution in [0.4, 0.5) is 5.69 Å². The second-order valence-corrected chi connectivity index (χ2v) is 6.25. The number of anilines is 1. The highest BCUT2D eigenvalue weighted by atomic mass is 32.1. The van der Waals surface area contributed by atoms with E-state index in [1.165, 1.54) is 11.3 Å². The van der Waals surface area contributed by atoms with Gasteiger partial charge in [-0.2, -0.15) is 0 Å². The molecule has 0 aliphatic rings. The summed E-state index contributed by atoms with van der Waals surface area (Å²) in [4.78, 5) is 18.8. The summed E-state index contributed by atoms with van der Waals surface area (Å²) >= 11 is 2.99. The second-order valence-electron chi connectivity index (χ2n) is 3.67. The molecule has 3 N–H and O–H groups in total. The first-order valence-corrected chi connectivity index (χ1v) is 6.75. The van der Waals surface area contributed by atoms with Gasteiger partial charge in [0.25, 0.3) is 5.91 Å². The molecule has 0 bridgehead atoms. The Hall–Kier alpha value is -1.40. The van der Waals surface area contributed by atoms with Crippen molar-refractivity contribution in [3.8, 4) is 0 Å². The number of nitrogens with one attached hydrogen (secondary N) is 1. The molecule has 6 heteroatoms. The number of hydrogen-bond acceptors (Lipinski definition) is 5. The van der Waals surface area contributed by atoms with Gasteiger partial charge in [0.1, 0.15) is 5.01 Å². The Kier molecular flexibility index (Phi) is 3.44. The van der Waals surface area contributed by atoms with Crippen LogP contribution in [0.5, 0.6) is 0 Å². The van der Waals surface area contributed by atoms with Gasteiger partial charge in [-0.05, 0) is 19.9 Å². The van der Waals surface area contributed by atoms with Crippen molar-refractivity contribution in [1.82, 2.24) is 10.3 Å². The summed E-state index contributed by atoms with van der Waals surface area (Å²) < 4.78 is 0. The Morgan fingerprint density at radius 2 is 2.24 bits per heavy atom. The standard InChI is InChI=1S/C11H13N3OS2/c1-6-4-13-10(16-6)5-14-11(15)9-3-8(12)7(2)17-9/h3-4H,5,12H2,1-2H3,(H,14,15). The number of rotatable bonds is 3. The van der Waals surface area contributed by atoms with Gasteiger partial charge in [0.05, 0.1) is 11.4 Å². The predicted molar refractivity (Wildman–Crippen MR) is 71.5 cm³/mol. The molecule has 0 unspecified atom stereocenters. The molecule has 17 heavy (non-hydrogen) atoms. The number of aryl methyl sites for hydroxylation is 2. The van der Waals surface area contributed by atoms with E-state index in [9.17, 15) is 4.79 Å². The monoisotopic (exact) mass is 267 g/mol. The first-order chi connectivity index (χ1) is 8.06.